The van der Waals surface area contributed by atoms with E-state index in [1.165, 1.54) is 11.3 Å². The predicted octanol–water partition coefficient (Wildman–Crippen LogP) is 3.69. The predicted molar refractivity (Wildman–Crippen MR) is 110 cm³/mol. The van der Waals surface area contributed by atoms with Crippen molar-refractivity contribution in [2.24, 2.45) is 0 Å². The highest BCUT2D eigenvalue weighted by atomic mass is 32.1. The second kappa shape index (κ2) is 7.69. The number of amides is 1. The lowest BCUT2D eigenvalue weighted by Gasteiger charge is -2.13. The number of pyridine rings is 1. The third-order valence-corrected chi connectivity index (χ3v) is 5.00. The summed E-state index contributed by atoms with van der Waals surface area (Å²) in [4.78, 5) is 19.2. The van der Waals surface area contributed by atoms with Crippen LogP contribution >= 0.6 is 11.3 Å². The quantitative estimate of drug-likeness (QED) is 0.541. The molecule has 4 rings (SSSR count). The first-order chi connectivity index (χ1) is 13.6. The summed E-state index contributed by atoms with van der Waals surface area (Å²) in [6, 6.07) is 17.2. The average molecular weight is 393 g/mol. The van der Waals surface area contributed by atoms with E-state index in [-0.39, 0.29) is 11.9 Å². The molecule has 1 aromatic carbocycles. The maximum Gasteiger partial charge on any atom is 0.268 e. The fourth-order valence-corrected chi connectivity index (χ4v) is 3.28. The van der Waals surface area contributed by atoms with Gasteiger partial charge in [0.15, 0.2) is 5.65 Å². The van der Waals surface area contributed by atoms with Crippen LogP contribution in [0.5, 0.6) is 5.88 Å². The van der Waals surface area contributed by atoms with Crippen LogP contribution in [0.1, 0.15) is 15.2 Å². The Morgan fingerprint density at radius 3 is 2.68 bits per heavy atom. The lowest BCUT2D eigenvalue weighted by molar-refractivity contribution is 0.102. The van der Waals surface area contributed by atoms with Crippen LogP contribution in [0.15, 0.2) is 60.0 Å². The summed E-state index contributed by atoms with van der Waals surface area (Å²) in [7, 11) is 4.01. The van der Waals surface area contributed by atoms with Crippen molar-refractivity contribution in [2.75, 3.05) is 24.3 Å². The van der Waals surface area contributed by atoms with E-state index in [2.05, 4.69) is 15.4 Å². The number of thiophene rings is 1. The van der Waals surface area contributed by atoms with Crippen molar-refractivity contribution in [1.82, 2.24) is 14.6 Å². The highest BCUT2D eigenvalue weighted by Gasteiger charge is 2.13. The van der Waals surface area contributed by atoms with E-state index in [1.807, 2.05) is 72.9 Å². The Morgan fingerprint density at radius 1 is 1.14 bits per heavy atom. The Morgan fingerprint density at radius 2 is 1.96 bits per heavy atom. The van der Waals surface area contributed by atoms with Crippen molar-refractivity contribution >= 4 is 34.5 Å². The molecular weight excluding hydrogens is 374 g/mol. The van der Waals surface area contributed by atoms with Crippen molar-refractivity contribution in [3.8, 4) is 5.88 Å². The third-order valence-electron chi connectivity index (χ3n) is 4.13. The van der Waals surface area contributed by atoms with E-state index in [1.54, 1.807) is 10.6 Å². The summed E-state index contributed by atoms with van der Waals surface area (Å²) in [6.45, 7) is 0.406. The molecule has 142 valence electrons. The van der Waals surface area contributed by atoms with Gasteiger partial charge < -0.3 is 9.64 Å². The summed E-state index contributed by atoms with van der Waals surface area (Å²) in [6.07, 6.45) is 0. The average Bonchev–Trinajstić information content (AvgIpc) is 3.36. The number of carbonyl (C=O) groups excluding carboxylic acids is 1. The minimum Gasteiger partial charge on any atom is -0.473 e. The summed E-state index contributed by atoms with van der Waals surface area (Å²) >= 11 is 1.37. The number of carbonyl (C=O) groups is 1. The van der Waals surface area contributed by atoms with Crippen LogP contribution in [-0.4, -0.2) is 34.6 Å². The fraction of sp³-hybridized carbons (Fsp3) is 0.150. The maximum absolute atomic E-state index is 12.2. The molecule has 1 N–H and O–H groups in total. The zero-order chi connectivity index (χ0) is 19.5. The number of anilines is 2. The Hall–Kier alpha value is -3.39. The van der Waals surface area contributed by atoms with Gasteiger partial charge in [0, 0.05) is 25.8 Å². The van der Waals surface area contributed by atoms with Crippen LogP contribution in [0, 0.1) is 0 Å². The van der Waals surface area contributed by atoms with Gasteiger partial charge in [-0.25, -0.2) is 0 Å². The van der Waals surface area contributed by atoms with Crippen molar-refractivity contribution < 1.29 is 9.53 Å². The molecule has 0 aliphatic rings. The molecule has 0 saturated carbocycles. The molecule has 4 aromatic rings. The number of ether oxygens (including phenoxy) is 1. The van der Waals surface area contributed by atoms with Crippen molar-refractivity contribution in [2.45, 2.75) is 6.61 Å². The van der Waals surface area contributed by atoms with Gasteiger partial charge in [0.1, 0.15) is 6.61 Å². The Balaban J connectivity index is 1.49. The first kappa shape index (κ1) is 18.0. The second-order valence-electron chi connectivity index (χ2n) is 6.35. The number of aromatic nitrogens is 3. The number of nitrogens with one attached hydrogen (secondary N) is 1. The number of benzene rings is 1. The van der Waals surface area contributed by atoms with Crippen molar-refractivity contribution in [3.05, 3.63) is 70.4 Å². The lowest BCUT2D eigenvalue weighted by Crippen LogP contribution is -2.11. The van der Waals surface area contributed by atoms with E-state index in [4.69, 9.17) is 4.74 Å². The van der Waals surface area contributed by atoms with Crippen LogP contribution in [-0.2, 0) is 6.61 Å². The molecule has 0 saturated heterocycles. The van der Waals surface area contributed by atoms with E-state index in [0.29, 0.717) is 23.0 Å². The molecule has 0 aliphatic heterocycles. The first-order valence-corrected chi connectivity index (χ1v) is 9.58. The number of hydrogen-bond donors (Lipinski definition) is 1. The zero-order valence-corrected chi connectivity index (χ0v) is 16.3. The standard InChI is InChI=1S/C20H19N5O2S/c1-24(2)15-10-8-14(9-11-15)13-27-18-7-3-6-17-21-20(23-25(17)18)22-19(26)16-5-4-12-28-16/h3-12H,13H2,1-2H3,(H,22,23,26). The maximum atomic E-state index is 12.2. The monoisotopic (exact) mass is 393 g/mol. The SMILES string of the molecule is CN(C)c1ccc(COc2cccc3nc(NC(=O)c4cccs4)nn23)cc1. The summed E-state index contributed by atoms with van der Waals surface area (Å²) < 4.78 is 7.51. The zero-order valence-electron chi connectivity index (χ0n) is 15.5. The smallest absolute Gasteiger partial charge is 0.268 e. The molecular formula is C20H19N5O2S. The van der Waals surface area contributed by atoms with E-state index < -0.39 is 0 Å². The molecule has 0 radical (unpaired) electrons. The topological polar surface area (TPSA) is 71.8 Å². The molecule has 3 heterocycles. The molecule has 0 aliphatic carbocycles. The highest BCUT2D eigenvalue weighted by molar-refractivity contribution is 7.12. The number of hydrogen-bond acceptors (Lipinski definition) is 6. The lowest BCUT2D eigenvalue weighted by atomic mass is 10.2. The van der Waals surface area contributed by atoms with Gasteiger partial charge in [-0.05, 0) is 35.2 Å². The van der Waals surface area contributed by atoms with Crippen LogP contribution in [0.4, 0.5) is 11.6 Å². The highest BCUT2D eigenvalue weighted by Crippen LogP contribution is 2.19. The number of rotatable bonds is 6. The molecule has 0 atom stereocenters. The van der Waals surface area contributed by atoms with Crippen LogP contribution in [0.2, 0.25) is 0 Å². The van der Waals surface area contributed by atoms with Gasteiger partial charge in [0.05, 0.1) is 4.88 Å². The van der Waals surface area contributed by atoms with Gasteiger partial charge in [-0.3, -0.25) is 10.1 Å². The molecule has 7 nitrogen and oxygen atoms in total. The van der Waals surface area contributed by atoms with Crippen LogP contribution in [0.25, 0.3) is 5.65 Å². The van der Waals surface area contributed by atoms with E-state index >= 15 is 0 Å². The minimum atomic E-state index is -0.227. The molecule has 28 heavy (non-hydrogen) atoms. The fourth-order valence-electron chi connectivity index (χ4n) is 2.66. The van der Waals surface area contributed by atoms with Crippen molar-refractivity contribution in [1.29, 1.82) is 0 Å². The molecule has 0 fully saturated rings. The summed E-state index contributed by atoms with van der Waals surface area (Å²) in [5, 5.41) is 8.93. The van der Waals surface area contributed by atoms with E-state index in [9.17, 15) is 4.79 Å². The van der Waals surface area contributed by atoms with Gasteiger partial charge in [-0.2, -0.15) is 9.50 Å². The first-order valence-electron chi connectivity index (χ1n) is 8.70. The minimum absolute atomic E-state index is 0.227. The molecule has 0 spiro atoms. The van der Waals surface area contributed by atoms with Gasteiger partial charge in [0.2, 0.25) is 11.8 Å². The molecule has 8 heteroatoms. The largest absolute Gasteiger partial charge is 0.473 e. The Bertz CT molecular complexity index is 1090. The normalized spacial score (nSPS) is 10.8. The number of nitrogens with zero attached hydrogens (tertiary/aromatic N) is 4. The molecule has 0 bridgehead atoms. The van der Waals surface area contributed by atoms with E-state index in [0.717, 1.165) is 11.3 Å². The van der Waals surface area contributed by atoms with Gasteiger partial charge >= 0.3 is 0 Å². The van der Waals surface area contributed by atoms with Gasteiger partial charge in [-0.1, -0.05) is 24.3 Å². The van der Waals surface area contributed by atoms with Crippen LogP contribution < -0.4 is 15.0 Å². The van der Waals surface area contributed by atoms with Crippen LogP contribution in [0.3, 0.4) is 0 Å². The Kier molecular flexibility index (Phi) is 4.94. The van der Waals surface area contributed by atoms with Gasteiger partial charge in [-0.15, -0.1) is 16.4 Å². The second-order valence-corrected chi connectivity index (χ2v) is 7.30. The van der Waals surface area contributed by atoms with Gasteiger partial charge in [0.25, 0.3) is 5.91 Å². The molecule has 1 amide bonds. The molecule has 0 unspecified atom stereocenters. The van der Waals surface area contributed by atoms with Crippen molar-refractivity contribution in [3.63, 3.8) is 0 Å². The molecule has 3 aromatic heterocycles. The third kappa shape index (κ3) is 3.81. The Labute approximate surface area is 166 Å². The summed E-state index contributed by atoms with van der Waals surface area (Å²) in [5.41, 5.74) is 2.78. The summed E-state index contributed by atoms with van der Waals surface area (Å²) in [5.74, 6) is 0.567. The number of fused-ring (bicyclic) bond motifs is 1.